The second-order valence-corrected chi connectivity index (χ2v) is 4.47. The quantitative estimate of drug-likeness (QED) is 0.580. The van der Waals surface area contributed by atoms with Crippen LogP contribution in [0.2, 0.25) is 0 Å². The standard InChI is InChI=1S/C10H17N3O3/c14-8-3-4-13(5-8)6-9(15)12-10(16)11-7-1-2-7/h7-8,14H,1-6H2,(H2,11,12,15,16)/t8-/m0/s1. The lowest BCUT2D eigenvalue weighted by Crippen LogP contribution is -2.44. The highest BCUT2D eigenvalue weighted by molar-refractivity contribution is 5.95. The summed E-state index contributed by atoms with van der Waals surface area (Å²) in [6, 6.07) is -0.159. The zero-order valence-corrected chi connectivity index (χ0v) is 9.11. The number of carbonyl (C=O) groups excluding carboxylic acids is 2. The highest BCUT2D eigenvalue weighted by Crippen LogP contribution is 2.18. The first-order valence-corrected chi connectivity index (χ1v) is 5.64. The van der Waals surface area contributed by atoms with Crippen LogP contribution in [0.25, 0.3) is 0 Å². The minimum absolute atomic E-state index is 0.176. The van der Waals surface area contributed by atoms with E-state index in [1.54, 1.807) is 0 Å². The Hall–Kier alpha value is -1.14. The van der Waals surface area contributed by atoms with Gasteiger partial charge in [0.25, 0.3) is 0 Å². The fraction of sp³-hybridized carbons (Fsp3) is 0.800. The van der Waals surface area contributed by atoms with Gasteiger partial charge in [0, 0.05) is 19.1 Å². The second kappa shape index (κ2) is 4.80. The van der Waals surface area contributed by atoms with E-state index in [0.29, 0.717) is 19.5 Å². The molecule has 2 aliphatic rings. The van der Waals surface area contributed by atoms with Crippen LogP contribution in [-0.2, 0) is 4.79 Å². The van der Waals surface area contributed by atoms with Crippen molar-refractivity contribution in [3.8, 4) is 0 Å². The summed E-state index contributed by atoms with van der Waals surface area (Å²) in [7, 11) is 0. The molecule has 2 rings (SSSR count). The van der Waals surface area contributed by atoms with Crippen molar-refractivity contribution in [2.24, 2.45) is 0 Å². The highest BCUT2D eigenvalue weighted by Gasteiger charge is 2.25. The third kappa shape index (κ3) is 3.46. The Morgan fingerprint density at radius 2 is 2.06 bits per heavy atom. The maximum absolute atomic E-state index is 11.4. The molecule has 1 heterocycles. The SMILES string of the molecule is O=C(CN1CC[C@H](O)C1)NC(=O)NC1CC1. The molecule has 3 amide bonds. The number of carbonyl (C=O) groups is 2. The van der Waals surface area contributed by atoms with Crippen LogP contribution in [0.3, 0.4) is 0 Å². The van der Waals surface area contributed by atoms with Crippen LogP contribution in [0.1, 0.15) is 19.3 Å². The third-order valence-corrected chi connectivity index (χ3v) is 2.78. The van der Waals surface area contributed by atoms with Gasteiger partial charge in [0.1, 0.15) is 0 Å². The molecule has 0 aromatic heterocycles. The second-order valence-electron chi connectivity index (χ2n) is 4.47. The van der Waals surface area contributed by atoms with Crippen molar-refractivity contribution in [3.63, 3.8) is 0 Å². The molecule has 1 saturated carbocycles. The van der Waals surface area contributed by atoms with Crippen LogP contribution in [0, 0.1) is 0 Å². The minimum atomic E-state index is -0.410. The van der Waals surface area contributed by atoms with Crippen molar-refractivity contribution in [3.05, 3.63) is 0 Å². The lowest BCUT2D eigenvalue weighted by atomic mass is 10.3. The lowest BCUT2D eigenvalue weighted by molar-refractivity contribution is -0.121. The van der Waals surface area contributed by atoms with Crippen molar-refractivity contribution in [2.45, 2.75) is 31.4 Å². The Morgan fingerprint density at radius 1 is 1.31 bits per heavy atom. The molecule has 1 atom stereocenters. The van der Waals surface area contributed by atoms with Gasteiger partial charge in [0.15, 0.2) is 0 Å². The molecule has 0 unspecified atom stereocenters. The molecule has 6 nitrogen and oxygen atoms in total. The highest BCUT2D eigenvalue weighted by atomic mass is 16.3. The van der Waals surface area contributed by atoms with Gasteiger partial charge in [-0.1, -0.05) is 0 Å². The number of nitrogens with one attached hydrogen (secondary N) is 2. The van der Waals surface area contributed by atoms with Crippen molar-refractivity contribution in [2.75, 3.05) is 19.6 Å². The number of β-amino-alcohol motifs (C(OH)–C–C–N with tert-alkyl or cyclic N) is 1. The first-order valence-electron chi connectivity index (χ1n) is 5.64. The summed E-state index contributed by atoms with van der Waals surface area (Å²) in [4.78, 5) is 24.5. The summed E-state index contributed by atoms with van der Waals surface area (Å²) in [5.41, 5.74) is 0. The molecule has 2 fully saturated rings. The number of aliphatic hydroxyl groups excluding tert-OH is 1. The smallest absolute Gasteiger partial charge is 0.321 e. The molecule has 16 heavy (non-hydrogen) atoms. The summed E-state index contributed by atoms with van der Waals surface area (Å²) < 4.78 is 0. The Labute approximate surface area is 94.0 Å². The lowest BCUT2D eigenvalue weighted by Gasteiger charge is -2.13. The van der Waals surface area contributed by atoms with E-state index in [0.717, 1.165) is 12.8 Å². The van der Waals surface area contributed by atoms with E-state index < -0.39 is 6.03 Å². The summed E-state index contributed by atoms with van der Waals surface area (Å²) in [6.45, 7) is 1.39. The van der Waals surface area contributed by atoms with E-state index >= 15 is 0 Å². The van der Waals surface area contributed by atoms with E-state index in [4.69, 9.17) is 0 Å². The van der Waals surface area contributed by atoms with E-state index in [-0.39, 0.29) is 24.6 Å². The summed E-state index contributed by atoms with van der Waals surface area (Å²) >= 11 is 0. The van der Waals surface area contributed by atoms with E-state index in [1.165, 1.54) is 0 Å². The zero-order valence-electron chi connectivity index (χ0n) is 9.11. The molecule has 0 spiro atoms. The number of imide groups is 1. The van der Waals surface area contributed by atoms with Crippen molar-refractivity contribution < 1.29 is 14.7 Å². The maximum Gasteiger partial charge on any atom is 0.321 e. The van der Waals surface area contributed by atoms with Crippen molar-refractivity contribution in [1.29, 1.82) is 0 Å². The van der Waals surface area contributed by atoms with Crippen molar-refractivity contribution in [1.82, 2.24) is 15.5 Å². The van der Waals surface area contributed by atoms with Gasteiger partial charge in [-0.2, -0.15) is 0 Å². The summed E-state index contributed by atoms with van der Waals surface area (Å²) in [5, 5.41) is 14.2. The Kier molecular flexibility index (Phi) is 3.40. The van der Waals surface area contributed by atoms with Gasteiger partial charge in [-0.25, -0.2) is 4.79 Å². The van der Waals surface area contributed by atoms with Gasteiger partial charge < -0.3 is 10.4 Å². The van der Waals surface area contributed by atoms with Crippen LogP contribution >= 0.6 is 0 Å². The summed E-state index contributed by atoms with van der Waals surface area (Å²) in [5.74, 6) is -0.313. The van der Waals surface area contributed by atoms with Gasteiger partial charge in [0.05, 0.1) is 12.6 Å². The molecule has 0 aromatic carbocycles. The molecule has 6 heteroatoms. The maximum atomic E-state index is 11.4. The third-order valence-electron chi connectivity index (χ3n) is 2.78. The van der Waals surface area contributed by atoms with E-state index in [1.807, 2.05) is 4.90 Å². The number of hydrogen-bond donors (Lipinski definition) is 3. The number of hydrogen-bond acceptors (Lipinski definition) is 4. The normalized spacial score (nSPS) is 25.4. The Balaban J connectivity index is 1.65. The molecule has 90 valence electrons. The Morgan fingerprint density at radius 3 is 2.62 bits per heavy atom. The van der Waals surface area contributed by atoms with Gasteiger partial charge in [-0.15, -0.1) is 0 Å². The number of likely N-dealkylation sites (tertiary alicyclic amines) is 1. The van der Waals surface area contributed by atoms with E-state index in [2.05, 4.69) is 10.6 Å². The predicted octanol–water partition coefficient (Wildman–Crippen LogP) is -0.959. The molecular formula is C10H17N3O3. The molecule has 1 aliphatic heterocycles. The largest absolute Gasteiger partial charge is 0.392 e. The fourth-order valence-electron chi connectivity index (χ4n) is 1.77. The summed E-state index contributed by atoms with van der Waals surface area (Å²) in [6.07, 6.45) is 2.36. The molecular weight excluding hydrogens is 210 g/mol. The molecule has 0 aromatic rings. The van der Waals surface area contributed by atoms with Gasteiger partial charge in [0.2, 0.25) is 5.91 Å². The molecule has 1 aliphatic carbocycles. The first-order chi connectivity index (χ1) is 7.63. The average Bonchev–Trinajstić information content (AvgIpc) is 2.89. The topological polar surface area (TPSA) is 81.7 Å². The number of aliphatic hydroxyl groups is 1. The number of rotatable bonds is 3. The number of urea groups is 1. The van der Waals surface area contributed by atoms with Crippen LogP contribution in [0.15, 0.2) is 0 Å². The predicted molar refractivity (Wildman–Crippen MR) is 56.8 cm³/mol. The monoisotopic (exact) mass is 227 g/mol. The van der Waals surface area contributed by atoms with Crippen LogP contribution in [0.4, 0.5) is 4.79 Å². The van der Waals surface area contributed by atoms with Gasteiger partial charge >= 0.3 is 6.03 Å². The van der Waals surface area contributed by atoms with Crippen LogP contribution in [-0.4, -0.2) is 53.7 Å². The van der Waals surface area contributed by atoms with Gasteiger partial charge in [-0.3, -0.25) is 15.0 Å². The van der Waals surface area contributed by atoms with Crippen molar-refractivity contribution >= 4 is 11.9 Å². The molecule has 0 radical (unpaired) electrons. The molecule has 1 saturated heterocycles. The number of nitrogens with zero attached hydrogens (tertiary/aromatic N) is 1. The fourth-order valence-corrected chi connectivity index (χ4v) is 1.77. The Bertz CT molecular complexity index is 291. The number of amides is 3. The molecule has 3 N–H and O–H groups in total. The van der Waals surface area contributed by atoms with Gasteiger partial charge in [-0.05, 0) is 19.3 Å². The van der Waals surface area contributed by atoms with Crippen LogP contribution in [0.5, 0.6) is 0 Å². The van der Waals surface area contributed by atoms with E-state index in [9.17, 15) is 14.7 Å². The minimum Gasteiger partial charge on any atom is -0.392 e. The zero-order chi connectivity index (χ0) is 11.5. The molecule has 0 bridgehead atoms. The first kappa shape index (κ1) is 11.3. The average molecular weight is 227 g/mol. The van der Waals surface area contributed by atoms with Crippen LogP contribution < -0.4 is 10.6 Å².